The molecule has 0 aliphatic carbocycles. The SMILES string of the molecule is Cc1c(C(=O)c2ccc(Br)cc2F)oc2cc(F)ccc12. The minimum atomic E-state index is -0.639. The van der Waals surface area contributed by atoms with E-state index in [1.54, 1.807) is 13.0 Å². The smallest absolute Gasteiger partial charge is 0.231 e. The molecule has 1 heterocycles. The molecule has 2 nitrogen and oxygen atoms in total. The normalized spacial score (nSPS) is 11.0. The Morgan fingerprint density at radius 2 is 1.90 bits per heavy atom. The summed E-state index contributed by atoms with van der Waals surface area (Å²) in [7, 11) is 0. The monoisotopic (exact) mass is 350 g/mol. The molecule has 3 rings (SSSR count). The van der Waals surface area contributed by atoms with E-state index in [4.69, 9.17) is 4.42 Å². The van der Waals surface area contributed by atoms with Crippen molar-refractivity contribution in [3.63, 3.8) is 0 Å². The Hall–Kier alpha value is -2.01. The first kappa shape index (κ1) is 13.9. The molecular formula is C16H9BrF2O2. The van der Waals surface area contributed by atoms with Gasteiger partial charge in [0.25, 0.3) is 0 Å². The van der Waals surface area contributed by atoms with E-state index in [1.807, 2.05) is 0 Å². The Bertz CT molecular complexity index is 868. The van der Waals surface area contributed by atoms with E-state index in [2.05, 4.69) is 15.9 Å². The van der Waals surface area contributed by atoms with Crippen LogP contribution in [0.4, 0.5) is 8.78 Å². The summed E-state index contributed by atoms with van der Waals surface area (Å²) >= 11 is 3.14. The lowest BCUT2D eigenvalue weighted by Crippen LogP contribution is -2.04. The molecule has 0 unspecified atom stereocenters. The molecule has 3 aromatic rings. The molecule has 0 amide bonds. The van der Waals surface area contributed by atoms with Gasteiger partial charge in [-0.1, -0.05) is 15.9 Å². The third-order valence-corrected chi connectivity index (χ3v) is 3.78. The number of carbonyl (C=O) groups is 1. The highest BCUT2D eigenvalue weighted by Crippen LogP contribution is 2.28. The zero-order chi connectivity index (χ0) is 15.1. The van der Waals surface area contributed by atoms with Crippen LogP contribution in [0.3, 0.4) is 0 Å². The molecule has 0 aliphatic rings. The minimum Gasteiger partial charge on any atom is -0.452 e. The number of hydrogen-bond acceptors (Lipinski definition) is 2. The summed E-state index contributed by atoms with van der Waals surface area (Å²) in [6, 6.07) is 8.21. The first-order valence-electron chi connectivity index (χ1n) is 6.16. The first-order valence-corrected chi connectivity index (χ1v) is 6.95. The summed E-state index contributed by atoms with van der Waals surface area (Å²) in [6.45, 7) is 1.69. The summed E-state index contributed by atoms with van der Waals surface area (Å²) in [5.74, 6) is -1.63. The van der Waals surface area contributed by atoms with E-state index >= 15 is 0 Å². The highest BCUT2D eigenvalue weighted by molar-refractivity contribution is 9.10. The maximum Gasteiger partial charge on any atom is 0.231 e. The summed E-state index contributed by atoms with van der Waals surface area (Å²) in [6.07, 6.45) is 0. The second-order valence-corrected chi connectivity index (χ2v) is 5.57. The topological polar surface area (TPSA) is 30.2 Å². The first-order chi connectivity index (χ1) is 9.97. The summed E-state index contributed by atoms with van der Waals surface area (Å²) < 4.78 is 33.0. The Morgan fingerprint density at radius 3 is 2.62 bits per heavy atom. The van der Waals surface area contributed by atoms with Gasteiger partial charge in [0.15, 0.2) is 5.76 Å². The number of halogens is 3. The van der Waals surface area contributed by atoms with Crippen molar-refractivity contribution in [3.8, 4) is 0 Å². The summed E-state index contributed by atoms with van der Waals surface area (Å²) in [5.41, 5.74) is 0.756. The van der Waals surface area contributed by atoms with Crippen LogP contribution in [0.25, 0.3) is 11.0 Å². The zero-order valence-electron chi connectivity index (χ0n) is 10.9. The quantitative estimate of drug-likeness (QED) is 0.608. The third-order valence-electron chi connectivity index (χ3n) is 3.28. The number of aryl methyl sites for hydroxylation is 1. The Balaban J connectivity index is 2.15. The van der Waals surface area contributed by atoms with Gasteiger partial charge in [0.2, 0.25) is 5.78 Å². The van der Waals surface area contributed by atoms with E-state index in [1.165, 1.54) is 30.3 Å². The van der Waals surface area contributed by atoms with Gasteiger partial charge in [-0.3, -0.25) is 4.79 Å². The predicted octanol–water partition coefficient (Wildman–Crippen LogP) is 5.01. The maximum absolute atomic E-state index is 13.9. The maximum atomic E-state index is 13.9. The van der Waals surface area contributed by atoms with Crippen molar-refractivity contribution in [2.45, 2.75) is 6.92 Å². The van der Waals surface area contributed by atoms with Crippen molar-refractivity contribution in [1.29, 1.82) is 0 Å². The molecule has 0 spiro atoms. The number of ketones is 1. The van der Waals surface area contributed by atoms with Gasteiger partial charge in [0, 0.05) is 21.5 Å². The number of furan rings is 1. The second kappa shape index (κ2) is 5.07. The van der Waals surface area contributed by atoms with Crippen LogP contribution >= 0.6 is 15.9 Å². The molecule has 0 radical (unpaired) electrons. The molecule has 0 atom stereocenters. The molecule has 0 saturated carbocycles. The number of benzene rings is 2. The highest BCUT2D eigenvalue weighted by atomic mass is 79.9. The summed E-state index contributed by atoms with van der Waals surface area (Å²) in [4.78, 5) is 12.4. The molecule has 0 fully saturated rings. The number of fused-ring (bicyclic) bond motifs is 1. The second-order valence-electron chi connectivity index (χ2n) is 4.65. The van der Waals surface area contributed by atoms with Crippen LogP contribution in [0.5, 0.6) is 0 Å². The molecule has 0 bridgehead atoms. The lowest BCUT2D eigenvalue weighted by Gasteiger charge is -2.01. The van der Waals surface area contributed by atoms with Crippen molar-refractivity contribution < 1.29 is 18.0 Å². The van der Waals surface area contributed by atoms with Crippen LogP contribution in [-0.2, 0) is 0 Å². The lowest BCUT2D eigenvalue weighted by molar-refractivity contribution is 0.101. The van der Waals surface area contributed by atoms with Crippen LogP contribution in [0.2, 0.25) is 0 Å². The van der Waals surface area contributed by atoms with Gasteiger partial charge in [0.1, 0.15) is 17.2 Å². The van der Waals surface area contributed by atoms with Gasteiger partial charge in [0.05, 0.1) is 5.56 Å². The largest absolute Gasteiger partial charge is 0.452 e. The fraction of sp³-hybridized carbons (Fsp3) is 0.0625. The molecule has 0 aliphatic heterocycles. The van der Waals surface area contributed by atoms with Crippen molar-refractivity contribution in [3.05, 3.63) is 69.4 Å². The third kappa shape index (κ3) is 2.38. The fourth-order valence-electron chi connectivity index (χ4n) is 2.21. The van der Waals surface area contributed by atoms with Crippen molar-refractivity contribution in [1.82, 2.24) is 0 Å². The van der Waals surface area contributed by atoms with E-state index < -0.39 is 17.4 Å². The van der Waals surface area contributed by atoms with Gasteiger partial charge >= 0.3 is 0 Å². The van der Waals surface area contributed by atoms with Crippen molar-refractivity contribution in [2.75, 3.05) is 0 Å². The van der Waals surface area contributed by atoms with Crippen LogP contribution in [0, 0.1) is 18.6 Å². The Morgan fingerprint density at radius 1 is 1.14 bits per heavy atom. The van der Waals surface area contributed by atoms with Gasteiger partial charge in [-0.2, -0.15) is 0 Å². The molecule has 106 valence electrons. The average molecular weight is 351 g/mol. The standard InChI is InChI=1S/C16H9BrF2O2/c1-8-11-5-3-10(18)7-14(11)21-16(8)15(20)12-4-2-9(17)6-13(12)19/h2-7H,1H3. The van der Waals surface area contributed by atoms with Gasteiger partial charge in [-0.25, -0.2) is 8.78 Å². The molecule has 1 aromatic heterocycles. The highest BCUT2D eigenvalue weighted by Gasteiger charge is 2.22. The van der Waals surface area contributed by atoms with Gasteiger partial charge in [-0.15, -0.1) is 0 Å². The van der Waals surface area contributed by atoms with E-state index in [-0.39, 0.29) is 16.9 Å². The van der Waals surface area contributed by atoms with Crippen LogP contribution in [-0.4, -0.2) is 5.78 Å². The lowest BCUT2D eigenvalue weighted by atomic mass is 10.0. The average Bonchev–Trinajstić information content (AvgIpc) is 2.75. The fourth-order valence-corrected chi connectivity index (χ4v) is 2.54. The van der Waals surface area contributed by atoms with E-state index in [0.717, 1.165) is 0 Å². The Kier molecular flexibility index (Phi) is 3.37. The molecular weight excluding hydrogens is 342 g/mol. The van der Waals surface area contributed by atoms with Crippen molar-refractivity contribution in [2.24, 2.45) is 0 Å². The van der Waals surface area contributed by atoms with E-state index in [9.17, 15) is 13.6 Å². The predicted molar refractivity (Wildman–Crippen MR) is 78.4 cm³/mol. The molecule has 21 heavy (non-hydrogen) atoms. The molecule has 2 aromatic carbocycles. The Labute approximate surface area is 127 Å². The number of hydrogen-bond donors (Lipinski definition) is 0. The molecule has 5 heteroatoms. The number of carbonyl (C=O) groups excluding carboxylic acids is 1. The van der Waals surface area contributed by atoms with E-state index in [0.29, 0.717) is 15.4 Å². The molecule has 0 saturated heterocycles. The van der Waals surface area contributed by atoms with Gasteiger partial charge < -0.3 is 4.42 Å². The van der Waals surface area contributed by atoms with Crippen LogP contribution < -0.4 is 0 Å². The zero-order valence-corrected chi connectivity index (χ0v) is 12.5. The molecule has 0 N–H and O–H groups in total. The van der Waals surface area contributed by atoms with Gasteiger partial charge in [-0.05, 0) is 37.3 Å². The summed E-state index contributed by atoms with van der Waals surface area (Å²) in [5, 5.41) is 0.636. The van der Waals surface area contributed by atoms with Crippen LogP contribution in [0.1, 0.15) is 21.7 Å². The van der Waals surface area contributed by atoms with Crippen molar-refractivity contribution >= 4 is 32.7 Å². The number of rotatable bonds is 2. The van der Waals surface area contributed by atoms with Crippen LogP contribution in [0.15, 0.2) is 45.3 Å². The minimum absolute atomic E-state index is 0.0248.